The van der Waals surface area contributed by atoms with E-state index in [4.69, 9.17) is 14.7 Å². The summed E-state index contributed by atoms with van der Waals surface area (Å²) in [6.45, 7) is 1.55. The van der Waals surface area contributed by atoms with Crippen LogP contribution in [0.15, 0.2) is 89.8 Å². The van der Waals surface area contributed by atoms with Gasteiger partial charge in [0.05, 0.1) is 11.4 Å². The monoisotopic (exact) mass is 538 g/mol. The van der Waals surface area contributed by atoms with E-state index in [0.717, 1.165) is 5.56 Å². The zero-order chi connectivity index (χ0) is 26.2. The Kier molecular flexibility index (Phi) is 6.84. The minimum Gasteiger partial charge on any atom is -0.450 e. The van der Waals surface area contributed by atoms with Crippen molar-refractivity contribution < 1.29 is 26.9 Å². The van der Waals surface area contributed by atoms with Crippen LogP contribution in [0.25, 0.3) is 0 Å². The number of hydrogen-bond donors (Lipinski definition) is 1. The van der Waals surface area contributed by atoms with Crippen molar-refractivity contribution in [1.82, 2.24) is 4.90 Å². The Morgan fingerprint density at radius 3 is 2.14 bits per heavy atom. The number of nitrogens with zero attached hydrogens (tertiary/aromatic N) is 1. The van der Waals surface area contributed by atoms with Gasteiger partial charge in [0.25, 0.3) is 10.1 Å². The minimum atomic E-state index is -4.38. The molecule has 3 aromatic rings. The van der Waals surface area contributed by atoms with E-state index in [1.807, 2.05) is 67.6 Å². The van der Waals surface area contributed by atoms with Crippen LogP contribution in [0.3, 0.4) is 0 Å². The molecule has 2 heterocycles. The normalized spacial score (nSPS) is 23.3. The molecular formula is C27H26N2O6S2. The molecule has 2 unspecified atom stereocenters. The first-order valence-corrected chi connectivity index (χ1v) is 14.2. The highest BCUT2D eigenvalue weighted by atomic mass is 32.2. The number of hydrogen-bond acceptors (Lipinski definition) is 8. The Hall–Kier alpha value is -3.18. The Labute approximate surface area is 219 Å². The molecule has 5 rings (SSSR count). The molecule has 3 atom stereocenters. The van der Waals surface area contributed by atoms with Gasteiger partial charge in [-0.1, -0.05) is 78.4 Å². The van der Waals surface area contributed by atoms with E-state index in [1.54, 1.807) is 12.1 Å². The second kappa shape index (κ2) is 9.94. The molecule has 2 fully saturated rings. The minimum absolute atomic E-state index is 0.0463. The van der Waals surface area contributed by atoms with Crippen molar-refractivity contribution in [1.29, 1.82) is 0 Å². The molecule has 10 heteroatoms. The van der Waals surface area contributed by atoms with Crippen molar-refractivity contribution in [3.63, 3.8) is 0 Å². The number of ether oxygens (including phenoxy) is 1. The SMILES string of the molecule is Cc1ccc(S(=O)(=O)OC2(C(=O)OC(c3ccccc3)c3ccccc3)CS[C@@H]3C(N)C(=O)N3C2)cc1. The molecule has 0 radical (unpaired) electrons. The third-order valence-electron chi connectivity index (χ3n) is 6.48. The zero-order valence-corrected chi connectivity index (χ0v) is 21.7. The first-order chi connectivity index (χ1) is 17.7. The number of esters is 1. The van der Waals surface area contributed by atoms with E-state index in [1.165, 1.54) is 28.8 Å². The van der Waals surface area contributed by atoms with E-state index in [0.29, 0.717) is 11.1 Å². The fourth-order valence-corrected chi connectivity index (χ4v) is 7.05. The highest BCUT2D eigenvalue weighted by molar-refractivity contribution is 8.00. The van der Waals surface area contributed by atoms with E-state index in [9.17, 15) is 18.0 Å². The lowest BCUT2D eigenvalue weighted by Gasteiger charge is -2.52. The Bertz CT molecular complexity index is 1360. The highest BCUT2D eigenvalue weighted by Crippen LogP contribution is 2.42. The molecule has 2 aliphatic rings. The largest absolute Gasteiger partial charge is 0.450 e. The second-order valence-corrected chi connectivity index (χ2v) is 11.8. The molecule has 8 nitrogen and oxygen atoms in total. The average molecular weight is 539 g/mol. The van der Waals surface area contributed by atoms with Gasteiger partial charge >= 0.3 is 5.97 Å². The summed E-state index contributed by atoms with van der Waals surface area (Å²) in [4.78, 5) is 27.7. The molecular weight excluding hydrogens is 512 g/mol. The molecule has 37 heavy (non-hydrogen) atoms. The lowest BCUT2D eigenvalue weighted by molar-refractivity contribution is -0.170. The number of amides is 1. The van der Waals surface area contributed by atoms with Gasteiger partial charge in [-0.2, -0.15) is 8.42 Å². The fourth-order valence-electron chi connectivity index (χ4n) is 4.42. The first-order valence-electron chi connectivity index (χ1n) is 11.7. The molecule has 192 valence electrons. The standard InChI is InChI=1S/C27H26N2O6S2/c1-18-12-14-21(15-13-18)37(32,33)35-27(16-29-24(30)22(28)25(29)36-17-27)26(31)34-23(19-8-4-2-5-9-19)20-10-6-3-7-11-20/h2-15,22-23,25H,16-17,28H2,1H3/t22?,25-,27?/m1/s1. The summed E-state index contributed by atoms with van der Waals surface area (Å²) >= 11 is 1.21. The molecule has 0 spiro atoms. The van der Waals surface area contributed by atoms with Crippen LogP contribution >= 0.6 is 11.8 Å². The summed E-state index contributed by atoms with van der Waals surface area (Å²) in [5, 5.41) is -0.349. The first kappa shape index (κ1) is 25.5. The topological polar surface area (TPSA) is 116 Å². The number of thioether (sulfide) groups is 1. The molecule has 0 saturated carbocycles. The molecule has 0 bridgehead atoms. The van der Waals surface area contributed by atoms with Crippen LogP contribution in [-0.2, 0) is 28.6 Å². The number of carbonyl (C=O) groups excluding carboxylic acids is 2. The van der Waals surface area contributed by atoms with E-state index in [2.05, 4.69) is 0 Å². The van der Waals surface area contributed by atoms with Gasteiger partial charge in [-0.3, -0.25) is 4.79 Å². The summed E-state index contributed by atoms with van der Waals surface area (Å²) in [5.41, 5.74) is 6.26. The van der Waals surface area contributed by atoms with Gasteiger partial charge in [0.1, 0.15) is 11.4 Å². The number of benzene rings is 3. The number of nitrogens with two attached hydrogens (primary N) is 1. The molecule has 2 aliphatic heterocycles. The van der Waals surface area contributed by atoms with Gasteiger partial charge in [0, 0.05) is 5.75 Å². The third kappa shape index (κ3) is 4.89. The van der Waals surface area contributed by atoms with Crippen molar-refractivity contribution in [3.8, 4) is 0 Å². The van der Waals surface area contributed by atoms with E-state index >= 15 is 0 Å². The molecule has 0 aliphatic carbocycles. The molecule has 1 amide bonds. The number of carbonyl (C=O) groups is 2. The van der Waals surface area contributed by atoms with Crippen LogP contribution in [0.2, 0.25) is 0 Å². The predicted octanol–water partition coefficient (Wildman–Crippen LogP) is 3.01. The van der Waals surface area contributed by atoms with Crippen LogP contribution < -0.4 is 5.73 Å². The zero-order valence-electron chi connectivity index (χ0n) is 20.0. The van der Waals surface area contributed by atoms with Crippen LogP contribution in [0.5, 0.6) is 0 Å². The van der Waals surface area contributed by atoms with Gasteiger partial charge in [-0.15, -0.1) is 11.8 Å². The summed E-state index contributed by atoms with van der Waals surface area (Å²) in [5.74, 6) is -1.29. The number of rotatable bonds is 7. The highest BCUT2D eigenvalue weighted by Gasteiger charge is 2.59. The molecule has 2 N–H and O–H groups in total. The second-order valence-electron chi connectivity index (χ2n) is 9.15. The number of β-lactam (4-membered cyclic amide) rings is 1. The van der Waals surface area contributed by atoms with Crippen molar-refractivity contribution in [2.45, 2.75) is 34.9 Å². The van der Waals surface area contributed by atoms with Crippen molar-refractivity contribution in [2.75, 3.05) is 12.3 Å². The Balaban J connectivity index is 1.51. The van der Waals surface area contributed by atoms with Crippen molar-refractivity contribution in [3.05, 3.63) is 102 Å². The van der Waals surface area contributed by atoms with Crippen molar-refractivity contribution >= 4 is 33.8 Å². The smallest absolute Gasteiger partial charge is 0.343 e. The molecule has 2 saturated heterocycles. The predicted molar refractivity (Wildman–Crippen MR) is 139 cm³/mol. The van der Waals surface area contributed by atoms with Crippen LogP contribution in [0.1, 0.15) is 22.8 Å². The van der Waals surface area contributed by atoms with Gasteiger partial charge in [0.15, 0.2) is 6.10 Å². The fraction of sp³-hybridized carbons (Fsp3) is 0.259. The number of fused-ring (bicyclic) bond motifs is 1. The van der Waals surface area contributed by atoms with Gasteiger partial charge in [-0.25, -0.2) is 8.98 Å². The van der Waals surface area contributed by atoms with Gasteiger partial charge < -0.3 is 15.4 Å². The third-order valence-corrected chi connectivity index (χ3v) is 9.39. The van der Waals surface area contributed by atoms with E-state index in [-0.39, 0.29) is 28.5 Å². The Morgan fingerprint density at radius 1 is 1.00 bits per heavy atom. The van der Waals surface area contributed by atoms with Crippen LogP contribution in [0.4, 0.5) is 0 Å². The van der Waals surface area contributed by atoms with Crippen molar-refractivity contribution in [2.24, 2.45) is 5.73 Å². The van der Waals surface area contributed by atoms with Crippen LogP contribution in [0, 0.1) is 6.92 Å². The van der Waals surface area contributed by atoms with Crippen LogP contribution in [-0.4, -0.2) is 54.5 Å². The van der Waals surface area contributed by atoms with Gasteiger partial charge in [-0.05, 0) is 30.2 Å². The Morgan fingerprint density at radius 2 is 1.57 bits per heavy atom. The lowest BCUT2D eigenvalue weighted by Crippen LogP contribution is -2.74. The van der Waals surface area contributed by atoms with Gasteiger partial charge in [0.2, 0.25) is 11.5 Å². The summed E-state index contributed by atoms with van der Waals surface area (Å²) in [6.07, 6.45) is -0.811. The maximum atomic E-state index is 13.9. The lowest BCUT2D eigenvalue weighted by atomic mass is 9.98. The molecule has 3 aromatic carbocycles. The summed E-state index contributed by atoms with van der Waals surface area (Å²) in [7, 11) is -4.38. The quantitative estimate of drug-likeness (QED) is 0.277. The number of aryl methyl sites for hydroxylation is 1. The molecule has 0 aromatic heterocycles. The summed E-state index contributed by atoms with van der Waals surface area (Å²) in [6, 6.07) is 23.7. The summed E-state index contributed by atoms with van der Waals surface area (Å²) < 4.78 is 38.4. The maximum absolute atomic E-state index is 13.9. The van der Waals surface area contributed by atoms with E-state index < -0.39 is 33.8 Å². The maximum Gasteiger partial charge on any atom is 0.343 e. The average Bonchev–Trinajstić information content (AvgIpc) is 2.92.